The maximum atomic E-state index is 9.77. The zero-order chi connectivity index (χ0) is 8.97. The van der Waals surface area contributed by atoms with Crippen LogP contribution in [0.4, 0.5) is 0 Å². The number of rotatable bonds is 3. The van der Waals surface area contributed by atoms with Crippen molar-refractivity contribution >= 4 is 11.8 Å². The van der Waals surface area contributed by atoms with Gasteiger partial charge in [-0.1, -0.05) is 37.3 Å². The Morgan fingerprint density at radius 1 is 1.25 bits per heavy atom. The SMILES string of the molecule is CSC(C)[C@H](O)c1ccccc1. The molecule has 2 atom stereocenters. The topological polar surface area (TPSA) is 20.2 Å². The first-order valence-electron chi connectivity index (χ1n) is 4.01. The molecule has 0 spiro atoms. The molecule has 1 aromatic rings. The second-order valence-electron chi connectivity index (χ2n) is 2.80. The average Bonchev–Trinajstić information content (AvgIpc) is 2.17. The van der Waals surface area contributed by atoms with Crippen molar-refractivity contribution in [2.45, 2.75) is 18.3 Å². The van der Waals surface area contributed by atoms with Crippen LogP contribution in [0.2, 0.25) is 0 Å². The molecule has 1 unspecified atom stereocenters. The fourth-order valence-electron chi connectivity index (χ4n) is 1.05. The van der Waals surface area contributed by atoms with E-state index in [1.54, 1.807) is 11.8 Å². The lowest BCUT2D eigenvalue weighted by molar-refractivity contribution is 0.179. The van der Waals surface area contributed by atoms with E-state index in [4.69, 9.17) is 0 Å². The lowest BCUT2D eigenvalue weighted by atomic mass is 10.1. The van der Waals surface area contributed by atoms with Gasteiger partial charge in [-0.25, -0.2) is 0 Å². The van der Waals surface area contributed by atoms with Crippen LogP contribution in [0.3, 0.4) is 0 Å². The van der Waals surface area contributed by atoms with Gasteiger partial charge >= 0.3 is 0 Å². The van der Waals surface area contributed by atoms with Crippen LogP contribution in [0.1, 0.15) is 18.6 Å². The molecule has 1 rings (SSSR count). The van der Waals surface area contributed by atoms with Crippen molar-refractivity contribution in [1.29, 1.82) is 0 Å². The van der Waals surface area contributed by atoms with Crippen LogP contribution in [0.15, 0.2) is 30.3 Å². The normalized spacial score (nSPS) is 15.6. The number of aliphatic hydroxyl groups is 1. The molecule has 12 heavy (non-hydrogen) atoms. The predicted molar refractivity (Wildman–Crippen MR) is 54.4 cm³/mol. The Kier molecular flexibility index (Phi) is 3.63. The summed E-state index contributed by atoms with van der Waals surface area (Å²) in [5.74, 6) is 0. The first-order valence-corrected chi connectivity index (χ1v) is 5.30. The van der Waals surface area contributed by atoms with E-state index in [2.05, 4.69) is 0 Å². The Morgan fingerprint density at radius 2 is 1.83 bits per heavy atom. The Morgan fingerprint density at radius 3 is 2.33 bits per heavy atom. The zero-order valence-corrected chi connectivity index (χ0v) is 8.21. The van der Waals surface area contributed by atoms with E-state index in [9.17, 15) is 5.11 Å². The van der Waals surface area contributed by atoms with Crippen molar-refractivity contribution in [3.05, 3.63) is 35.9 Å². The third kappa shape index (κ3) is 2.26. The van der Waals surface area contributed by atoms with Gasteiger partial charge in [-0.3, -0.25) is 0 Å². The van der Waals surface area contributed by atoms with Gasteiger partial charge in [0.05, 0.1) is 6.10 Å². The molecule has 0 radical (unpaired) electrons. The van der Waals surface area contributed by atoms with Gasteiger partial charge in [0.1, 0.15) is 0 Å². The second-order valence-corrected chi connectivity index (χ2v) is 4.01. The molecule has 0 aromatic heterocycles. The molecule has 0 bridgehead atoms. The fourth-order valence-corrected chi connectivity index (χ4v) is 1.47. The van der Waals surface area contributed by atoms with E-state index in [-0.39, 0.29) is 11.4 Å². The number of aliphatic hydroxyl groups excluding tert-OH is 1. The van der Waals surface area contributed by atoms with Crippen LogP contribution in [0.5, 0.6) is 0 Å². The van der Waals surface area contributed by atoms with Crippen molar-refractivity contribution in [3.63, 3.8) is 0 Å². The molecule has 1 nitrogen and oxygen atoms in total. The molecule has 0 saturated heterocycles. The Balaban J connectivity index is 2.71. The van der Waals surface area contributed by atoms with Gasteiger partial charge in [0.15, 0.2) is 0 Å². The van der Waals surface area contributed by atoms with E-state index in [1.165, 1.54) is 0 Å². The smallest absolute Gasteiger partial charge is 0.0905 e. The van der Waals surface area contributed by atoms with Gasteiger partial charge in [0, 0.05) is 5.25 Å². The minimum Gasteiger partial charge on any atom is -0.387 e. The van der Waals surface area contributed by atoms with Crippen molar-refractivity contribution in [2.24, 2.45) is 0 Å². The fraction of sp³-hybridized carbons (Fsp3) is 0.400. The van der Waals surface area contributed by atoms with Gasteiger partial charge in [-0.2, -0.15) is 11.8 Å². The van der Waals surface area contributed by atoms with Crippen molar-refractivity contribution in [2.75, 3.05) is 6.26 Å². The highest BCUT2D eigenvalue weighted by Crippen LogP contribution is 2.23. The Labute approximate surface area is 77.8 Å². The molecule has 0 heterocycles. The summed E-state index contributed by atoms with van der Waals surface area (Å²) in [5.41, 5.74) is 0.999. The number of thioether (sulfide) groups is 1. The van der Waals surface area contributed by atoms with Crippen molar-refractivity contribution < 1.29 is 5.11 Å². The highest BCUT2D eigenvalue weighted by atomic mass is 32.2. The van der Waals surface area contributed by atoms with E-state index in [0.717, 1.165) is 5.56 Å². The van der Waals surface area contributed by atoms with Crippen LogP contribution in [0, 0.1) is 0 Å². The van der Waals surface area contributed by atoms with E-state index >= 15 is 0 Å². The predicted octanol–water partition coefficient (Wildman–Crippen LogP) is 2.47. The van der Waals surface area contributed by atoms with Gasteiger partial charge in [0.2, 0.25) is 0 Å². The molecular formula is C10H14OS. The third-order valence-corrected chi connectivity index (χ3v) is 2.96. The zero-order valence-electron chi connectivity index (χ0n) is 7.40. The quantitative estimate of drug-likeness (QED) is 0.775. The lowest BCUT2D eigenvalue weighted by Crippen LogP contribution is -2.10. The van der Waals surface area contributed by atoms with Crippen LogP contribution < -0.4 is 0 Å². The lowest BCUT2D eigenvalue weighted by Gasteiger charge is -2.16. The van der Waals surface area contributed by atoms with Crippen LogP contribution in [-0.4, -0.2) is 16.6 Å². The minimum atomic E-state index is -0.346. The number of hydrogen-bond donors (Lipinski definition) is 1. The molecule has 0 amide bonds. The van der Waals surface area contributed by atoms with E-state index < -0.39 is 0 Å². The highest BCUT2D eigenvalue weighted by Gasteiger charge is 2.13. The van der Waals surface area contributed by atoms with E-state index in [1.807, 2.05) is 43.5 Å². The first kappa shape index (κ1) is 9.62. The van der Waals surface area contributed by atoms with Gasteiger partial charge in [-0.15, -0.1) is 0 Å². The van der Waals surface area contributed by atoms with Crippen molar-refractivity contribution in [3.8, 4) is 0 Å². The second kappa shape index (κ2) is 4.53. The van der Waals surface area contributed by atoms with E-state index in [0.29, 0.717) is 0 Å². The minimum absolute atomic E-state index is 0.257. The molecule has 0 aliphatic carbocycles. The number of hydrogen-bond acceptors (Lipinski definition) is 2. The Hall–Kier alpha value is -0.470. The summed E-state index contributed by atoms with van der Waals surface area (Å²) in [7, 11) is 0. The Bertz CT molecular complexity index is 223. The molecule has 66 valence electrons. The summed E-state index contributed by atoms with van der Waals surface area (Å²) in [4.78, 5) is 0. The molecule has 0 saturated carbocycles. The molecule has 0 aliphatic heterocycles. The maximum absolute atomic E-state index is 9.77. The van der Waals surface area contributed by atoms with Crippen LogP contribution in [0.25, 0.3) is 0 Å². The monoisotopic (exact) mass is 182 g/mol. The number of benzene rings is 1. The van der Waals surface area contributed by atoms with Gasteiger partial charge in [0.25, 0.3) is 0 Å². The van der Waals surface area contributed by atoms with Gasteiger partial charge in [-0.05, 0) is 11.8 Å². The van der Waals surface area contributed by atoms with Gasteiger partial charge < -0.3 is 5.11 Å². The van der Waals surface area contributed by atoms with Crippen molar-refractivity contribution in [1.82, 2.24) is 0 Å². The third-order valence-electron chi connectivity index (χ3n) is 1.96. The molecule has 0 fully saturated rings. The summed E-state index contributed by atoms with van der Waals surface area (Å²) in [5, 5.41) is 10.0. The van der Waals surface area contributed by atoms with Crippen LogP contribution >= 0.6 is 11.8 Å². The molecule has 1 aromatic carbocycles. The first-order chi connectivity index (χ1) is 5.75. The summed E-state index contributed by atoms with van der Waals surface area (Å²) >= 11 is 1.68. The molecule has 1 N–H and O–H groups in total. The largest absolute Gasteiger partial charge is 0.387 e. The standard InChI is InChI=1S/C10H14OS/c1-8(12-2)10(11)9-6-4-3-5-7-9/h3-8,10-11H,1-2H3/t8?,10-/m0/s1. The summed E-state index contributed by atoms with van der Waals surface area (Å²) < 4.78 is 0. The summed E-state index contributed by atoms with van der Waals surface area (Å²) in [6.07, 6.45) is 1.66. The van der Waals surface area contributed by atoms with Crippen LogP contribution in [-0.2, 0) is 0 Å². The summed E-state index contributed by atoms with van der Waals surface area (Å²) in [6.45, 7) is 2.03. The average molecular weight is 182 g/mol. The molecule has 2 heteroatoms. The maximum Gasteiger partial charge on any atom is 0.0905 e. The highest BCUT2D eigenvalue weighted by molar-refractivity contribution is 7.99. The molecule has 0 aliphatic rings. The summed E-state index contributed by atoms with van der Waals surface area (Å²) in [6, 6.07) is 9.77. The molecular weight excluding hydrogens is 168 g/mol.